The molecule has 0 radical (unpaired) electrons. The van der Waals surface area contributed by atoms with E-state index in [0.29, 0.717) is 11.1 Å². The van der Waals surface area contributed by atoms with Crippen molar-refractivity contribution in [2.24, 2.45) is 0 Å². The van der Waals surface area contributed by atoms with Gasteiger partial charge in [0.25, 0.3) is 5.56 Å². The fourth-order valence-corrected chi connectivity index (χ4v) is 4.29. The van der Waals surface area contributed by atoms with Gasteiger partial charge in [-0.3, -0.25) is 13.9 Å². The van der Waals surface area contributed by atoms with Gasteiger partial charge in [0.1, 0.15) is 18.1 Å². The number of nitrogens with zero attached hydrogens (tertiary/aromatic N) is 5. The summed E-state index contributed by atoms with van der Waals surface area (Å²) in [7, 11) is 0. The maximum absolute atomic E-state index is 15.3. The van der Waals surface area contributed by atoms with E-state index in [1.54, 1.807) is 25.4 Å². The van der Waals surface area contributed by atoms with Gasteiger partial charge >= 0.3 is 5.69 Å². The van der Waals surface area contributed by atoms with Crippen LogP contribution in [0.25, 0.3) is 22.1 Å². The molecule has 172 valence electrons. The fraction of sp³-hybridized carbons (Fsp3) is 0.304. The molecule has 1 N–H and O–H groups in total. The molecule has 0 saturated heterocycles. The monoisotopic (exact) mass is 471 g/mol. The van der Waals surface area contributed by atoms with Crippen molar-refractivity contribution in [1.82, 2.24) is 23.9 Å². The average Bonchev–Trinajstić information content (AvgIpc) is 3.10. The molecule has 0 aliphatic carbocycles. The van der Waals surface area contributed by atoms with Crippen LogP contribution in [0.5, 0.6) is 0 Å². The van der Waals surface area contributed by atoms with Gasteiger partial charge in [-0.25, -0.2) is 14.2 Å². The zero-order valence-corrected chi connectivity index (χ0v) is 19.4. The minimum absolute atomic E-state index is 0.0358. The fourth-order valence-electron chi connectivity index (χ4n) is 4.00. The topological polar surface area (TPSA) is 94.9 Å². The number of benzene rings is 1. The second kappa shape index (κ2) is 8.57. The average molecular weight is 472 g/mol. The molecular formula is C23H23ClFN5O3. The normalized spacial score (nSPS) is 11.6. The first-order chi connectivity index (χ1) is 15.7. The molecular weight excluding hydrogens is 449 g/mol. The van der Waals surface area contributed by atoms with E-state index >= 15 is 4.39 Å². The van der Waals surface area contributed by atoms with E-state index in [2.05, 4.69) is 10.1 Å². The number of rotatable bonds is 5. The Morgan fingerprint density at radius 1 is 1.21 bits per heavy atom. The summed E-state index contributed by atoms with van der Waals surface area (Å²) in [6, 6.07) is 4.32. The Morgan fingerprint density at radius 2 is 1.94 bits per heavy atom. The van der Waals surface area contributed by atoms with E-state index in [-0.39, 0.29) is 34.5 Å². The van der Waals surface area contributed by atoms with Crippen molar-refractivity contribution < 1.29 is 9.50 Å². The lowest BCUT2D eigenvalue weighted by atomic mass is 9.97. The van der Waals surface area contributed by atoms with Crippen molar-refractivity contribution in [2.45, 2.75) is 46.8 Å². The molecule has 4 rings (SSSR count). The molecule has 0 atom stereocenters. The molecule has 0 fully saturated rings. The van der Waals surface area contributed by atoms with Crippen LogP contribution in [-0.2, 0) is 13.2 Å². The lowest BCUT2D eigenvalue weighted by Crippen LogP contribution is -2.25. The second-order valence-corrected chi connectivity index (χ2v) is 8.40. The number of aryl methyl sites for hydroxylation is 1. The van der Waals surface area contributed by atoms with Gasteiger partial charge in [-0.2, -0.15) is 4.68 Å². The summed E-state index contributed by atoms with van der Waals surface area (Å²) < 4.78 is 18.9. The molecule has 33 heavy (non-hydrogen) atoms. The third-order valence-electron chi connectivity index (χ3n) is 5.68. The zero-order chi connectivity index (χ0) is 24.0. The third kappa shape index (κ3) is 3.67. The van der Waals surface area contributed by atoms with E-state index < -0.39 is 23.7 Å². The van der Waals surface area contributed by atoms with Crippen LogP contribution in [0.1, 0.15) is 43.6 Å². The van der Waals surface area contributed by atoms with Crippen LogP contribution >= 0.6 is 11.6 Å². The van der Waals surface area contributed by atoms with Gasteiger partial charge in [0.2, 0.25) is 0 Å². The van der Waals surface area contributed by atoms with Crippen LogP contribution in [0.15, 0.2) is 40.2 Å². The molecule has 1 aromatic carbocycles. The molecule has 3 aromatic heterocycles. The van der Waals surface area contributed by atoms with Crippen molar-refractivity contribution in [3.05, 3.63) is 79.4 Å². The lowest BCUT2D eigenvalue weighted by Gasteiger charge is -2.17. The Bertz CT molecular complexity index is 1480. The molecule has 0 amide bonds. The first kappa shape index (κ1) is 22.9. The summed E-state index contributed by atoms with van der Waals surface area (Å²) in [5.74, 6) is -0.692. The summed E-state index contributed by atoms with van der Waals surface area (Å²) in [5.41, 5.74) is 0.816. The van der Waals surface area contributed by atoms with E-state index in [4.69, 9.17) is 11.6 Å². The zero-order valence-electron chi connectivity index (χ0n) is 18.6. The molecule has 0 aliphatic rings. The van der Waals surface area contributed by atoms with Crippen LogP contribution < -0.4 is 11.2 Å². The maximum Gasteiger partial charge on any atom is 0.350 e. The van der Waals surface area contributed by atoms with Gasteiger partial charge in [-0.05, 0) is 54.5 Å². The molecule has 3 heterocycles. The number of halogens is 2. The van der Waals surface area contributed by atoms with Gasteiger partial charge in [0.15, 0.2) is 11.0 Å². The standard InChI is InChI=1S/C23H23ClFN5O3/c1-5-28-19(11-31)27-30(23(28)33)18-9-14-15(8-17(18)25)22(32)29(10-16(14)12(2)3)20-13(4)6-7-26-21(20)24/h6-10,12,31H,5,11H2,1-4H3. The van der Waals surface area contributed by atoms with Crippen molar-refractivity contribution in [3.8, 4) is 11.4 Å². The highest BCUT2D eigenvalue weighted by molar-refractivity contribution is 6.31. The Kier molecular flexibility index (Phi) is 5.94. The van der Waals surface area contributed by atoms with Gasteiger partial charge in [0, 0.05) is 18.9 Å². The van der Waals surface area contributed by atoms with Crippen LogP contribution in [0, 0.1) is 12.7 Å². The third-order valence-corrected chi connectivity index (χ3v) is 5.96. The van der Waals surface area contributed by atoms with Crippen LogP contribution in [-0.4, -0.2) is 29.0 Å². The van der Waals surface area contributed by atoms with Crippen LogP contribution in [0.4, 0.5) is 4.39 Å². The quantitative estimate of drug-likeness (QED) is 0.450. The minimum atomic E-state index is -0.784. The van der Waals surface area contributed by atoms with E-state index in [9.17, 15) is 14.7 Å². The van der Waals surface area contributed by atoms with Crippen molar-refractivity contribution in [1.29, 1.82) is 0 Å². The number of fused-ring (bicyclic) bond motifs is 1. The largest absolute Gasteiger partial charge is 0.388 e. The number of aliphatic hydroxyl groups is 1. The smallest absolute Gasteiger partial charge is 0.350 e. The number of aromatic nitrogens is 5. The molecule has 10 heteroatoms. The van der Waals surface area contributed by atoms with Crippen molar-refractivity contribution in [3.63, 3.8) is 0 Å². The number of hydrogen-bond donors (Lipinski definition) is 1. The highest BCUT2D eigenvalue weighted by Crippen LogP contribution is 2.29. The Hall–Kier alpha value is -3.30. The number of hydrogen-bond acceptors (Lipinski definition) is 5. The van der Waals surface area contributed by atoms with Gasteiger partial charge < -0.3 is 5.11 Å². The highest BCUT2D eigenvalue weighted by atomic mass is 35.5. The highest BCUT2D eigenvalue weighted by Gasteiger charge is 2.21. The maximum atomic E-state index is 15.3. The summed E-state index contributed by atoms with van der Waals surface area (Å²) in [6.07, 6.45) is 3.23. The minimum Gasteiger partial charge on any atom is -0.388 e. The summed E-state index contributed by atoms with van der Waals surface area (Å²) in [6.45, 7) is 7.26. The lowest BCUT2D eigenvalue weighted by molar-refractivity contribution is 0.264. The number of pyridine rings is 2. The Labute approximate surface area is 193 Å². The van der Waals surface area contributed by atoms with Crippen LogP contribution in [0.3, 0.4) is 0 Å². The summed E-state index contributed by atoms with van der Waals surface area (Å²) >= 11 is 6.30. The van der Waals surface area contributed by atoms with E-state index in [0.717, 1.165) is 21.9 Å². The first-order valence-electron chi connectivity index (χ1n) is 10.5. The van der Waals surface area contributed by atoms with Gasteiger partial charge in [-0.15, -0.1) is 5.10 Å². The first-order valence-corrected chi connectivity index (χ1v) is 10.9. The van der Waals surface area contributed by atoms with E-state index in [1.807, 2.05) is 20.8 Å². The molecule has 0 unspecified atom stereocenters. The second-order valence-electron chi connectivity index (χ2n) is 8.04. The summed E-state index contributed by atoms with van der Waals surface area (Å²) in [4.78, 5) is 30.3. The molecule has 8 nitrogen and oxygen atoms in total. The van der Waals surface area contributed by atoms with Crippen molar-refractivity contribution >= 4 is 22.4 Å². The number of aliphatic hydroxyl groups excluding tert-OH is 1. The molecule has 0 bridgehead atoms. The van der Waals surface area contributed by atoms with Crippen LogP contribution in [0.2, 0.25) is 5.15 Å². The van der Waals surface area contributed by atoms with Gasteiger partial charge in [0.05, 0.1) is 11.1 Å². The Balaban J connectivity index is 2.08. The SMILES string of the molecule is CCn1c(CO)nn(-c2cc3c(C(C)C)cn(-c4c(C)ccnc4Cl)c(=O)c3cc2F)c1=O. The molecule has 0 saturated carbocycles. The van der Waals surface area contributed by atoms with E-state index in [1.165, 1.54) is 15.2 Å². The predicted molar refractivity (Wildman–Crippen MR) is 124 cm³/mol. The van der Waals surface area contributed by atoms with Crippen molar-refractivity contribution in [2.75, 3.05) is 0 Å². The van der Waals surface area contributed by atoms with Gasteiger partial charge in [-0.1, -0.05) is 25.4 Å². The molecule has 0 aliphatic heterocycles. The predicted octanol–water partition coefficient (Wildman–Crippen LogP) is 3.47. The Morgan fingerprint density at radius 3 is 2.52 bits per heavy atom. The molecule has 4 aromatic rings. The molecule has 0 spiro atoms. The summed E-state index contributed by atoms with van der Waals surface area (Å²) in [5, 5.41) is 14.4.